The van der Waals surface area contributed by atoms with Crippen LogP contribution in [-0.2, 0) is 19.1 Å². The number of amides is 4. The quantitative estimate of drug-likeness (QED) is 0.185. The molecule has 0 aliphatic heterocycles. The number of ether oxygens (including phenoxy) is 1. The summed E-state index contributed by atoms with van der Waals surface area (Å²) in [6, 6.07) is 8.88. The minimum absolute atomic E-state index is 0.0511. The van der Waals surface area contributed by atoms with Gasteiger partial charge in [0.25, 0.3) is 5.91 Å². The number of benzene rings is 2. The summed E-state index contributed by atoms with van der Waals surface area (Å²) in [5.41, 5.74) is 8.26. The van der Waals surface area contributed by atoms with Gasteiger partial charge in [-0.25, -0.2) is 4.79 Å². The predicted octanol–water partition coefficient (Wildman–Crippen LogP) is 6.90. The lowest BCUT2D eigenvalue weighted by Crippen LogP contribution is -2.53. The summed E-state index contributed by atoms with van der Waals surface area (Å²) in [4.78, 5) is 54.9. The average Bonchev–Trinajstić information content (AvgIpc) is 2.92. The second kappa shape index (κ2) is 17.0. The van der Waals surface area contributed by atoms with Gasteiger partial charge in [-0.1, -0.05) is 80.1 Å². The first-order valence-corrected chi connectivity index (χ1v) is 15.7. The van der Waals surface area contributed by atoms with Gasteiger partial charge in [-0.05, 0) is 77.1 Å². The molecule has 2 aromatic rings. The van der Waals surface area contributed by atoms with E-state index in [0.29, 0.717) is 22.7 Å². The van der Waals surface area contributed by atoms with Gasteiger partial charge >= 0.3 is 6.09 Å². The molecule has 0 aliphatic carbocycles. The number of rotatable bonds is 15. The van der Waals surface area contributed by atoms with Crippen molar-refractivity contribution in [3.05, 3.63) is 63.7 Å². The smallest absolute Gasteiger partial charge is 0.408 e. The van der Waals surface area contributed by atoms with Gasteiger partial charge < -0.3 is 26.0 Å². The van der Waals surface area contributed by atoms with E-state index in [4.69, 9.17) is 22.1 Å². The minimum Gasteiger partial charge on any atom is -0.444 e. The van der Waals surface area contributed by atoms with E-state index in [1.165, 1.54) is 4.90 Å². The van der Waals surface area contributed by atoms with Gasteiger partial charge in [0.1, 0.15) is 17.7 Å². The Morgan fingerprint density at radius 3 is 2.27 bits per heavy atom. The summed E-state index contributed by atoms with van der Waals surface area (Å²) >= 11 is 6.49. The van der Waals surface area contributed by atoms with Crippen molar-refractivity contribution in [2.75, 3.05) is 11.9 Å². The summed E-state index contributed by atoms with van der Waals surface area (Å²) < 4.78 is 5.43. The number of alkyl carbamates (subject to hydrolysis) is 1. The van der Waals surface area contributed by atoms with Crippen molar-refractivity contribution in [1.82, 2.24) is 10.2 Å². The number of carbonyl (C=O) groups excluding carboxylic acids is 4. The van der Waals surface area contributed by atoms with E-state index in [1.807, 2.05) is 45.0 Å². The summed E-state index contributed by atoms with van der Waals surface area (Å²) in [5, 5.41) is 6.00. The Bertz CT molecular complexity index is 1290. The largest absolute Gasteiger partial charge is 0.444 e. The highest BCUT2D eigenvalue weighted by atomic mass is 35.5. The summed E-state index contributed by atoms with van der Waals surface area (Å²) in [6.45, 7) is 13.2. The van der Waals surface area contributed by atoms with Crippen molar-refractivity contribution in [3.63, 3.8) is 0 Å². The normalized spacial score (nSPS) is 12.6. The number of anilines is 1. The van der Waals surface area contributed by atoms with Gasteiger partial charge in [-0.3, -0.25) is 14.4 Å². The molecule has 2 rings (SSSR count). The highest BCUT2D eigenvalue weighted by Crippen LogP contribution is 2.31. The van der Waals surface area contributed by atoms with E-state index in [2.05, 4.69) is 17.6 Å². The zero-order valence-electron chi connectivity index (χ0n) is 27.2. The molecule has 10 heteroatoms. The lowest BCUT2D eigenvalue weighted by atomic mass is 9.95. The lowest BCUT2D eigenvalue weighted by Gasteiger charge is -2.35. The molecule has 44 heavy (non-hydrogen) atoms. The standard InChI is InChI=1S/C34H49ClN4O5/c1-8-9-10-11-12-20-39(32(42)27(18-19-28(36)40)37-33(43)44-34(5,6)7)30(25-21-22(2)16-17-23(25)3)31(41)38-29-24(4)14-13-15-26(29)35/h13-17,21,27,30H,8-12,18-20H2,1-7H3,(H2,36,40)(H,37,43)(H,38,41). The van der Waals surface area contributed by atoms with Crippen molar-refractivity contribution in [3.8, 4) is 0 Å². The molecule has 0 heterocycles. The number of nitrogens with one attached hydrogen (secondary N) is 2. The molecule has 9 nitrogen and oxygen atoms in total. The van der Waals surface area contributed by atoms with Crippen LogP contribution in [0, 0.1) is 20.8 Å². The van der Waals surface area contributed by atoms with Gasteiger partial charge in [0.15, 0.2) is 0 Å². The van der Waals surface area contributed by atoms with Crippen LogP contribution < -0.4 is 16.4 Å². The second-order valence-corrected chi connectivity index (χ2v) is 12.7. The summed E-state index contributed by atoms with van der Waals surface area (Å²) in [6.07, 6.45) is 3.60. The molecule has 0 saturated carbocycles. The maximum Gasteiger partial charge on any atom is 0.408 e. The van der Waals surface area contributed by atoms with Crippen molar-refractivity contribution >= 4 is 41.1 Å². The molecule has 0 saturated heterocycles. The van der Waals surface area contributed by atoms with Crippen LogP contribution in [0.25, 0.3) is 0 Å². The molecular formula is C34H49ClN4O5. The SMILES string of the molecule is CCCCCCCN(C(=O)C(CCC(N)=O)NC(=O)OC(C)(C)C)C(C(=O)Nc1c(C)cccc1Cl)c1cc(C)ccc1C. The molecule has 0 spiro atoms. The Balaban J connectivity index is 2.65. The van der Waals surface area contributed by atoms with Crippen LogP contribution >= 0.6 is 11.6 Å². The Morgan fingerprint density at radius 2 is 1.66 bits per heavy atom. The third-order valence-electron chi connectivity index (χ3n) is 7.21. The summed E-state index contributed by atoms with van der Waals surface area (Å²) in [7, 11) is 0. The zero-order valence-corrected chi connectivity index (χ0v) is 28.0. The first kappa shape index (κ1) is 36.6. The van der Waals surface area contributed by atoms with Crippen LogP contribution in [0.3, 0.4) is 0 Å². The number of unbranched alkanes of at least 4 members (excludes halogenated alkanes) is 4. The van der Waals surface area contributed by atoms with E-state index in [-0.39, 0.29) is 19.4 Å². The van der Waals surface area contributed by atoms with Crippen LogP contribution in [0.5, 0.6) is 0 Å². The molecule has 2 unspecified atom stereocenters. The molecule has 0 fully saturated rings. The molecule has 4 amide bonds. The first-order chi connectivity index (χ1) is 20.6. The number of halogens is 1. The summed E-state index contributed by atoms with van der Waals surface area (Å²) in [5.74, 6) is -1.56. The first-order valence-electron chi connectivity index (χ1n) is 15.4. The number of nitrogens with zero attached hydrogens (tertiary/aromatic N) is 1. The van der Waals surface area contributed by atoms with Crippen molar-refractivity contribution in [2.45, 2.75) is 111 Å². The predicted molar refractivity (Wildman–Crippen MR) is 176 cm³/mol. The molecule has 0 bridgehead atoms. The van der Waals surface area contributed by atoms with Crippen molar-refractivity contribution in [1.29, 1.82) is 0 Å². The monoisotopic (exact) mass is 628 g/mol. The van der Waals surface area contributed by atoms with Crippen LogP contribution in [0.4, 0.5) is 10.5 Å². The Hall–Kier alpha value is -3.59. The van der Waals surface area contributed by atoms with Crippen molar-refractivity contribution in [2.24, 2.45) is 5.73 Å². The Morgan fingerprint density at radius 1 is 0.977 bits per heavy atom. The van der Waals surface area contributed by atoms with Crippen LogP contribution in [0.1, 0.15) is 101 Å². The minimum atomic E-state index is -1.16. The Kier molecular flexibility index (Phi) is 14.2. The highest BCUT2D eigenvalue weighted by molar-refractivity contribution is 6.34. The van der Waals surface area contributed by atoms with E-state index in [9.17, 15) is 19.2 Å². The van der Waals surface area contributed by atoms with Crippen LogP contribution in [0.2, 0.25) is 5.02 Å². The van der Waals surface area contributed by atoms with Gasteiger partial charge in [0, 0.05) is 13.0 Å². The van der Waals surface area contributed by atoms with Gasteiger partial charge in [0.05, 0.1) is 10.7 Å². The lowest BCUT2D eigenvalue weighted by molar-refractivity contribution is -0.141. The molecule has 4 N–H and O–H groups in total. The van der Waals surface area contributed by atoms with E-state index in [1.54, 1.807) is 32.9 Å². The molecular weight excluding hydrogens is 580 g/mol. The molecule has 0 radical (unpaired) electrons. The number of carbonyl (C=O) groups is 4. The number of hydrogen-bond acceptors (Lipinski definition) is 5. The number of hydrogen-bond donors (Lipinski definition) is 3. The average molecular weight is 629 g/mol. The molecule has 242 valence electrons. The van der Waals surface area contributed by atoms with Crippen LogP contribution in [0.15, 0.2) is 36.4 Å². The van der Waals surface area contributed by atoms with Crippen LogP contribution in [-0.4, -0.2) is 46.9 Å². The fraction of sp³-hybridized carbons (Fsp3) is 0.529. The van der Waals surface area contributed by atoms with Gasteiger partial charge in [0.2, 0.25) is 11.8 Å². The molecule has 0 aromatic heterocycles. The van der Waals surface area contributed by atoms with Crippen molar-refractivity contribution < 1.29 is 23.9 Å². The third-order valence-corrected chi connectivity index (χ3v) is 7.53. The zero-order chi connectivity index (χ0) is 33.0. The fourth-order valence-electron chi connectivity index (χ4n) is 4.93. The number of primary amides is 1. The molecule has 0 aliphatic rings. The second-order valence-electron chi connectivity index (χ2n) is 12.3. The molecule has 2 atom stereocenters. The van der Waals surface area contributed by atoms with E-state index in [0.717, 1.165) is 42.4 Å². The van der Waals surface area contributed by atoms with Gasteiger partial charge in [-0.2, -0.15) is 0 Å². The fourth-order valence-corrected chi connectivity index (χ4v) is 5.20. The molecule has 2 aromatic carbocycles. The maximum atomic E-state index is 14.5. The number of aryl methyl sites for hydroxylation is 3. The Labute approximate surface area is 267 Å². The van der Waals surface area contributed by atoms with Gasteiger partial charge in [-0.15, -0.1) is 0 Å². The highest BCUT2D eigenvalue weighted by Gasteiger charge is 2.37. The van der Waals surface area contributed by atoms with E-state index < -0.39 is 41.5 Å². The number of para-hydroxylation sites is 1. The topological polar surface area (TPSA) is 131 Å². The third kappa shape index (κ3) is 11.5. The maximum absolute atomic E-state index is 14.5. The van der Waals surface area contributed by atoms with E-state index >= 15 is 0 Å². The number of nitrogens with two attached hydrogens (primary N) is 1.